The highest BCUT2D eigenvalue weighted by Gasteiger charge is 2.48. The number of ether oxygens (including phenoxy) is 1. The first-order valence-corrected chi connectivity index (χ1v) is 5.49. The van der Waals surface area contributed by atoms with Crippen molar-refractivity contribution in [2.24, 2.45) is 5.73 Å². The van der Waals surface area contributed by atoms with Crippen LogP contribution in [-0.4, -0.2) is 18.6 Å². The smallest absolute Gasteiger partial charge is 0.325 e. The van der Waals surface area contributed by atoms with Crippen LogP contribution in [0.25, 0.3) is 0 Å². The zero-order valence-electron chi connectivity index (χ0n) is 9.69. The van der Waals surface area contributed by atoms with Crippen LogP contribution in [0.4, 0.5) is 0 Å². The summed E-state index contributed by atoms with van der Waals surface area (Å²) in [5, 5.41) is 0. The second kappa shape index (κ2) is 3.91. The Hall–Kier alpha value is -1.35. The van der Waals surface area contributed by atoms with Crippen molar-refractivity contribution in [1.29, 1.82) is 0 Å². The molecule has 86 valence electrons. The molecule has 1 aromatic rings. The van der Waals surface area contributed by atoms with Crippen molar-refractivity contribution in [3.05, 3.63) is 35.4 Å². The molecule has 0 spiro atoms. The molecule has 0 atom stereocenters. The fourth-order valence-corrected chi connectivity index (χ4v) is 2.35. The Morgan fingerprint density at radius 1 is 1.50 bits per heavy atom. The number of esters is 1. The maximum absolute atomic E-state index is 11.4. The molecular weight excluding hydrogens is 202 g/mol. The van der Waals surface area contributed by atoms with Gasteiger partial charge >= 0.3 is 5.97 Å². The van der Waals surface area contributed by atoms with E-state index in [9.17, 15) is 4.79 Å². The SMILES string of the molecule is COC(=O)C1(N)CC(c2cccc(C)c2)C1. The zero-order valence-corrected chi connectivity index (χ0v) is 9.69. The number of carbonyl (C=O) groups is 1. The second-order valence-electron chi connectivity index (χ2n) is 4.67. The summed E-state index contributed by atoms with van der Waals surface area (Å²) in [5.41, 5.74) is 7.70. The molecule has 0 aromatic heterocycles. The van der Waals surface area contributed by atoms with Gasteiger partial charge in [-0.2, -0.15) is 0 Å². The average Bonchev–Trinajstić information content (AvgIpc) is 2.23. The summed E-state index contributed by atoms with van der Waals surface area (Å²) < 4.78 is 4.70. The normalized spacial score (nSPS) is 28.3. The molecule has 1 aliphatic rings. The van der Waals surface area contributed by atoms with E-state index in [4.69, 9.17) is 10.5 Å². The van der Waals surface area contributed by atoms with E-state index in [1.807, 2.05) is 6.07 Å². The summed E-state index contributed by atoms with van der Waals surface area (Å²) in [6, 6.07) is 8.35. The highest BCUT2D eigenvalue weighted by molar-refractivity contribution is 5.82. The molecule has 0 bridgehead atoms. The number of rotatable bonds is 2. The van der Waals surface area contributed by atoms with Gasteiger partial charge in [0.1, 0.15) is 5.54 Å². The standard InChI is InChI=1S/C13H17NO2/c1-9-4-3-5-10(6-9)11-7-13(14,8-11)12(15)16-2/h3-6,11H,7-8,14H2,1-2H3. The van der Waals surface area contributed by atoms with Gasteiger partial charge < -0.3 is 10.5 Å². The predicted molar refractivity (Wildman–Crippen MR) is 62.1 cm³/mol. The molecule has 2 N–H and O–H groups in total. The van der Waals surface area contributed by atoms with E-state index in [1.165, 1.54) is 18.2 Å². The van der Waals surface area contributed by atoms with E-state index in [1.54, 1.807) is 0 Å². The summed E-state index contributed by atoms with van der Waals surface area (Å²) in [5.74, 6) is 0.0976. The zero-order chi connectivity index (χ0) is 11.8. The van der Waals surface area contributed by atoms with Crippen LogP contribution in [0.2, 0.25) is 0 Å². The minimum absolute atomic E-state index is 0.295. The Bertz CT molecular complexity index is 408. The quantitative estimate of drug-likeness (QED) is 0.771. The molecule has 0 aliphatic heterocycles. The Balaban J connectivity index is 2.06. The van der Waals surface area contributed by atoms with Crippen LogP contribution in [0.3, 0.4) is 0 Å². The van der Waals surface area contributed by atoms with E-state index in [2.05, 4.69) is 25.1 Å². The van der Waals surface area contributed by atoms with Crippen LogP contribution < -0.4 is 5.73 Å². The van der Waals surface area contributed by atoms with Gasteiger partial charge in [-0.1, -0.05) is 29.8 Å². The molecule has 0 heterocycles. The molecule has 2 rings (SSSR count). The summed E-state index contributed by atoms with van der Waals surface area (Å²) in [7, 11) is 1.39. The fraction of sp³-hybridized carbons (Fsp3) is 0.462. The molecule has 1 aromatic carbocycles. The number of aryl methyl sites for hydroxylation is 1. The van der Waals surface area contributed by atoms with Gasteiger partial charge in [-0.25, -0.2) is 0 Å². The van der Waals surface area contributed by atoms with Crippen molar-refractivity contribution in [3.8, 4) is 0 Å². The highest BCUT2D eigenvalue weighted by atomic mass is 16.5. The lowest BCUT2D eigenvalue weighted by molar-refractivity contribution is -0.151. The monoisotopic (exact) mass is 219 g/mol. The van der Waals surface area contributed by atoms with Gasteiger partial charge in [-0.15, -0.1) is 0 Å². The second-order valence-corrected chi connectivity index (χ2v) is 4.67. The van der Waals surface area contributed by atoms with Gasteiger partial charge in [0.15, 0.2) is 0 Å². The van der Waals surface area contributed by atoms with Crippen LogP contribution in [0.15, 0.2) is 24.3 Å². The van der Waals surface area contributed by atoms with Gasteiger partial charge in [-0.05, 0) is 31.2 Å². The van der Waals surface area contributed by atoms with Gasteiger partial charge in [0.05, 0.1) is 7.11 Å². The molecule has 0 unspecified atom stereocenters. The molecule has 3 heteroatoms. The average molecular weight is 219 g/mol. The van der Waals surface area contributed by atoms with E-state index >= 15 is 0 Å². The molecular formula is C13H17NO2. The number of carbonyl (C=O) groups excluding carboxylic acids is 1. The first kappa shape index (κ1) is 11.1. The summed E-state index contributed by atoms with van der Waals surface area (Å²) >= 11 is 0. The van der Waals surface area contributed by atoms with Crippen molar-refractivity contribution in [2.75, 3.05) is 7.11 Å². The van der Waals surface area contributed by atoms with E-state index < -0.39 is 5.54 Å². The lowest BCUT2D eigenvalue weighted by atomic mass is 9.66. The van der Waals surface area contributed by atoms with Crippen LogP contribution in [-0.2, 0) is 9.53 Å². The molecule has 1 fully saturated rings. The number of nitrogens with two attached hydrogens (primary N) is 1. The van der Waals surface area contributed by atoms with Crippen LogP contribution in [0.5, 0.6) is 0 Å². The highest BCUT2D eigenvalue weighted by Crippen LogP contribution is 2.43. The van der Waals surface area contributed by atoms with Crippen LogP contribution >= 0.6 is 0 Å². The van der Waals surface area contributed by atoms with Gasteiger partial charge in [0.2, 0.25) is 0 Å². The van der Waals surface area contributed by atoms with Crippen molar-refractivity contribution in [1.82, 2.24) is 0 Å². The summed E-state index contributed by atoms with van der Waals surface area (Å²) in [4.78, 5) is 11.4. The van der Waals surface area contributed by atoms with Crippen LogP contribution in [0, 0.1) is 6.92 Å². The maximum atomic E-state index is 11.4. The molecule has 1 aliphatic carbocycles. The predicted octanol–water partition coefficient (Wildman–Crippen LogP) is 1.74. The van der Waals surface area contributed by atoms with Gasteiger partial charge in [0, 0.05) is 0 Å². The van der Waals surface area contributed by atoms with Crippen molar-refractivity contribution in [2.45, 2.75) is 31.2 Å². The van der Waals surface area contributed by atoms with Gasteiger partial charge in [-0.3, -0.25) is 4.79 Å². The topological polar surface area (TPSA) is 52.3 Å². The molecule has 0 radical (unpaired) electrons. The largest absolute Gasteiger partial charge is 0.468 e. The summed E-state index contributed by atoms with van der Waals surface area (Å²) in [6.45, 7) is 2.07. The molecule has 0 amide bonds. The van der Waals surface area contributed by atoms with Crippen molar-refractivity contribution < 1.29 is 9.53 Å². The summed E-state index contributed by atoms with van der Waals surface area (Å²) in [6.07, 6.45) is 1.37. The Morgan fingerprint density at radius 3 is 2.75 bits per heavy atom. The van der Waals surface area contributed by atoms with E-state index in [0.29, 0.717) is 18.8 Å². The molecule has 1 saturated carbocycles. The minimum Gasteiger partial charge on any atom is -0.468 e. The van der Waals surface area contributed by atoms with E-state index in [-0.39, 0.29) is 5.97 Å². The van der Waals surface area contributed by atoms with Crippen LogP contribution in [0.1, 0.15) is 29.9 Å². The minimum atomic E-state index is -0.761. The Morgan fingerprint density at radius 2 is 2.19 bits per heavy atom. The Labute approximate surface area is 95.6 Å². The van der Waals surface area contributed by atoms with E-state index in [0.717, 1.165) is 0 Å². The van der Waals surface area contributed by atoms with Gasteiger partial charge in [0.25, 0.3) is 0 Å². The third kappa shape index (κ3) is 1.83. The molecule has 16 heavy (non-hydrogen) atoms. The third-order valence-corrected chi connectivity index (χ3v) is 3.33. The lowest BCUT2D eigenvalue weighted by Gasteiger charge is -2.42. The first-order valence-electron chi connectivity index (χ1n) is 5.49. The number of benzene rings is 1. The maximum Gasteiger partial charge on any atom is 0.325 e. The molecule has 3 nitrogen and oxygen atoms in total. The number of hydrogen-bond donors (Lipinski definition) is 1. The molecule has 0 saturated heterocycles. The van der Waals surface area contributed by atoms with Crippen molar-refractivity contribution >= 4 is 5.97 Å². The first-order chi connectivity index (χ1) is 7.55. The number of methoxy groups -OCH3 is 1. The third-order valence-electron chi connectivity index (χ3n) is 3.33. The van der Waals surface area contributed by atoms with Crippen molar-refractivity contribution in [3.63, 3.8) is 0 Å². The fourth-order valence-electron chi connectivity index (χ4n) is 2.35. The lowest BCUT2D eigenvalue weighted by Crippen LogP contribution is -2.57. The number of hydrogen-bond acceptors (Lipinski definition) is 3. The Kier molecular flexibility index (Phi) is 2.72.